The summed E-state index contributed by atoms with van der Waals surface area (Å²) >= 11 is 0. The lowest BCUT2D eigenvalue weighted by Crippen LogP contribution is -2.24. The van der Waals surface area contributed by atoms with Crippen LogP contribution >= 0.6 is 0 Å². The van der Waals surface area contributed by atoms with E-state index < -0.39 is 0 Å². The molecule has 5 nitrogen and oxygen atoms in total. The third kappa shape index (κ3) is 3.34. The van der Waals surface area contributed by atoms with E-state index in [1.54, 1.807) is 19.2 Å². The fourth-order valence-corrected chi connectivity index (χ4v) is 2.65. The summed E-state index contributed by atoms with van der Waals surface area (Å²) in [5.74, 6) is 0.627. The van der Waals surface area contributed by atoms with Crippen molar-refractivity contribution in [2.24, 2.45) is 0 Å². The van der Waals surface area contributed by atoms with Gasteiger partial charge in [0.05, 0.1) is 7.11 Å². The molecule has 0 fully saturated rings. The van der Waals surface area contributed by atoms with Gasteiger partial charge in [0.1, 0.15) is 5.75 Å². The third-order valence-electron chi connectivity index (χ3n) is 3.89. The molecule has 3 rings (SSSR count). The first-order chi connectivity index (χ1) is 11.2. The fraction of sp³-hybridized carbons (Fsp3) is 0.222. The molecule has 2 N–H and O–H groups in total. The molecular weight excluding hydrogens is 292 g/mol. The number of ether oxygens (including phenoxy) is 1. The number of fused-ring (bicyclic) bond motifs is 1. The first-order valence-corrected chi connectivity index (χ1v) is 7.50. The van der Waals surface area contributed by atoms with Crippen molar-refractivity contribution in [3.8, 4) is 5.75 Å². The highest BCUT2D eigenvalue weighted by molar-refractivity contribution is 5.97. The van der Waals surface area contributed by atoms with E-state index in [4.69, 9.17) is 4.74 Å². The number of methoxy groups -OCH3 is 1. The molecule has 0 unspecified atom stereocenters. The molecule has 1 aliphatic rings. The molecule has 118 valence electrons. The first-order valence-electron chi connectivity index (χ1n) is 7.50. The van der Waals surface area contributed by atoms with Crippen molar-refractivity contribution in [3.63, 3.8) is 0 Å². The smallest absolute Gasteiger partial charge is 0.251 e. The van der Waals surface area contributed by atoms with Crippen LogP contribution in [-0.4, -0.2) is 18.9 Å². The Kier molecular flexibility index (Phi) is 4.28. The van der Waals surface area contributed by atoms with Crippen molar-refractivity contribution < 1.29 is 14.3 Å². The van der Waals surface area contributed by atoms with Crippen LogP contribution < -0.4 is 15.4 Å². The van der Waals surface area contributed by atoms with Gasteiger partial charge in [-0.1, -0.05) is 18.2 Å². The number of nitrogens with one attached hydrogen (secondary N) is 2. The van der Waals surface area contributed by atoms with Gasteiger partial charge in [-0.15, -0.1) is 0 Å². The summed E-state index contributed by atoms with van der Waals surface area (Å²) in [6.45, 7) is 0.399. The van der Waals surface area contributed by atoms with E-state index in [0.29, 0.717) is 24.9 Å². The summed E-state index contributed by atoms with van der Waals surface area (Å²) < 4.78 is 5.28. The molecule has 2 amide bonds. The number of amides is 2. The molecule has 23 heavy (non-hydrogen) atoms. The Morgan fingerprint density at radius 3 is 2.87 bits per heavy atom. The minimum Gasteiger partial charge on any atom is -0.496 e. The first kappa shape index (κ1) is 15.1. The van der Waals surface area contributed by atoms with Gasteiger partial charge in [-0.2, -0.15) is 0 Å². The van der Waals surface area contributed by atoms with Gasteiger partial charge in [-0.25, -0.2) is 0 Å². The highest BCUT2D eigenvalue weighted by Gasteiger charge is 2.16. The summed E-state index contributed by atoms with van der Waals surface area (Å²) in [5.41, 5.74) is 3.31. The zero-order valence-corrected chi connectivity index (χ0v) is 12.9. The predicted octanol–water partition coefficient (Wildman–Crippen LogP) is 2.51. The highest BCUT2D eigenvalue weighted by atomic mass is 16.5. The maximum Gasteiger partial charge on any atom is 0.251 e. The summed E-state index contributed by atoms with van der Waals surface area (Å²) in [6.07, 6.45) is 1.12. The third-order valence-corrected chi connectivity index (χ3v) is 3.89. The average Bonchev–Trinajstić information content (AvgIpc) is 2.59. The molecule has 5 heteroatoms. The van der Waals surface area contributed by atoms with Gasteiger partial charge < -0.3 is 15.4 Å². The van der Waals surface area contributed by atoms with Crippen LogP contribution in [0.4, 0.5) is 5.69 Å². The fourth-order valence-electron chi connectivity index (χ4n) is 2.65. The van der Waals surface area contributed by atoms with E-state index in [2.05, 4.69) is 10.6 Å². The van der Waals surface area contributed by atoms with Crippen molar-refractivity contribution in [3.05, 3.63) is 59.2 Å². The van der Waals surface area contributed by atoms with Crippen LogP contribution in [0.25, 0.3) is 0 Å². The second-order valence-electron chi connectivity index (χ2n) is 5.41. The zero-order valence-electron chi connectivity index (χ0n) is 12.9. The van der Waals surface area contributed by atoms with E-state index in [-0.39, 0.29) is 11.8 Å². The van der Waals surface area contributed by atoms with Crippen LogP contribution in [-0.2, 0) is 17.8 Å². The molecule has 0 aromatic heterocycles. The van der Waals surface area contributed by atoms with E-state index in [1.807, 2.05) is 30.3 Å². The summed E-state index contributed by atoms with van der Waals surface area (Å²) in [6, 6.07) is 12.9. The summed E-state index contributed by atoms with van der Waals surface area (Å²) in [5, 5.41) is 5.71. The van der Waals surface area contributed by atoms with E-state index in [9.17, 15) is 9.59 Å². The Labute approximate surface area is 134 Å². The number of rotatable bonds is 4. The summed E-state index contributed by atoms with van der Waals surface area (Å²) in [4.78, 5) is 23.7. The Morgan fingerprint density at radius 1 is 1.22 bits per heavy atom. The van der Waals surface area contributed by atoms with Crippen LogP contribution in [0, 0.1) is 0 Å². The van der Waals surface area contributed by atoms with Gasteiger partial charge in [0.25, 0.3) is 5.91 Å². The molecule has 2 aromatic carbocycles. The number of benzene rings is 2. The second-order valence-corrected chi connectivity index (χ2v) is 5.41. The van der Waals surface area contributed by atoms with Crippen molar-refractivity contribution in [1.82, 2.24) is 5.32 Å². The lowest BCUT2D eigenvalue weighted by molar-refractivity contribution is -0.116. The number of hydrogen-bond donors (Lipinski definition) is 2. The number of aryl methyl sites for hydroxylation is 1. The molecule has 0 saturated heterocycles. The second kappa shape index (κ2) is 6.52. The molecule has 0 aliphatic carbocycles. The van der Waals surface area contributed by atoms with E-state index >= 15 is 0 Å². The molecule has 1 aliphatic heterocycles. The number of para-hydroxylation sites is 1. The molecular formula is C18H18N2O3. The molecule has 0 bridgehead atoms. The topological polar surface area (TPSA) is 67.4 Å². The van der Waals surface area contributed by atoms with Crippen LogP contribution in [0.5, 0.6) is 5.75 Å². The average molecular weight is 310 g/mol. The molecule has 0 saturated carbocycles. The lowest BCUT2D eigenvalue weighted by Gasteiger charge is -2.17. The van der Waals surface area contributed by atoms with Crippen LogP contribution in [0.3, 0.4) is 0 Å². The van der Waals surface area contributed by atoms with Crippen molar-refractivity contribution in [2.75, 3.05) is 12.4 Å². The number of hydrogen-bond acceptors (Lipinski definition) is 3. The molecule has 0 spiro atoms. The number of carbonyl (C=O) groups is 2. The Bertz CT molecular complexity index is 756. The van der Waals surface area contributed by atoms with Gasteiger partial charge in [-0.3, -0.25) is 9.59 Å². The lowest BCUT2D eigenvalue weighted by atomic mass is 10.00. The monoisotopic (exact) mass is 310 g/mol. The van der Waals surface area contributed by atoms with Crippen molar-refractivity contribution in [2.45, 2.75) is 19.4 Å². The van der Waals surface area contributed by atoms with Gasteiger partial charge >= 0.3 is 0 Å². The quantitative estimate of drug-likeness (QED) is 0.912. The SMILES string of the molecule is COc1ccccc1CNC(=O)c1ccc2c(c1)CCC(=O)N2. The van der Waals surface area contributed by atoms with Crippen LogP contribution in [0.2, 0.25) is 0 Å². The number of carbonyl (C=O) groups excluding carboxylic acids is 2. The van der Waals surface area contributed by atoms with Gasteiger partial charge in [-0.05, 0) is 36.2 Å². The zero-order chi connectivity index (χ0) is 16.2. The minimum absolute atomic E-state index is 0.0193. The minimum atomic E-state index is -0.143. The predicted molar refractivity (Wildman–Crippen MR) is 87.6 cm³/mol. The van der Waals surface area contributed by atoms with E-state index in [1.165, 1.54) is 0 Å². The largest absolute Gasteiger partial charge is 0.496 e. The maximum absolute atomic E-state index is 12.3. The molecule has 2 aromatic rings. The molecule has 1 heterocycles. The highest BCUT2D eigenvalue weighted by Crippen LogP contribution is 2.23. The number of anilines is 1. The summed E-state index contributed by atoms with van der Waals surface area (Å²) in [7, 11) is 1.61. The van der Waals surface area contributed by atoms with Gasteiger partial charge in [0.2, 0.25) is 5.91 Å². The van der Waals surface area contributed by atoms with Gasteiger partial charge in [0, 0.05) is 29.8 Å². The normalized spacial score (nSPS) is 13.0. The van der Waals surface area contributed by atoms with Crippen LogP contribution in [0.15, 0.2) is 42.5 Å². The maximum atomic E-state index is 12.3. The Balaban J connectivity index is 1.70. The van der Waals surface area contributed by atoms with Crippen molar-refractivity contribution in [1.29, 1.82) is 0 Å². The molecule has 0 atom stereocenters. The Hall–Kier alpha value is -2.82. The standard InChI is InChI=1S/C18H18N2O3/c1-23-16-5-3-2-4-14(16)11-19-18(22)13-6-8-15-12(10-13)7-9-17(21)20-15/h2-6,8,10H,7,9,11H2,1H3,(H,19,22)(H,20,21). The van der Waals surface area contributed by atoms with Crippen LogP contribution in [0.1, 0.15) is 27.9 Å². The van der Waals surface area contributed by atoms with E-state index in [0.717, 1.165) is 22.6 Å². The van der Waals surface area contributed by atoms with Crippen molar-refractivity contribution >= 4 is 17.5 Å². The molecule has 0 radical (unpaired) electrons. The Morgan fingerprint density at radius 2 is 2.04 bits per heavy atom. The van der Waals surface area contributed by atoms with Gasteiger partial charge in [0.15, 0.2) is 0 Å².